The Balaban J connectivity index is 1.93. The third kappa shape index (κ3) is 2.73. The number of amidine groups is 1. The van der Waals surface area contributed by atoms with E-state index >= 15 is 0 Å². The average molecular weight is 314 g/mol. The van der Waals surface area contributed by atoms with E-state index < -0.39 is 0 Å². The normalized spacial score (nSPS) is 15.6. The predicted molar refractivity (Wildman–Crippen MR) is 86.5 cm³/mol. The van der Waals surface area contributed by atoms with Crippen molar-refractivity contribution in [3.8, 4) is 11.5 Å². The molecule has 6 heteroatoms. The van der Waals surface area contributed by atoms with Crippen LogP contribution in [0.1, 0.15) is 10.4 Å². The van der Waals surface area contributed by atoms with Crippen molar-refractivity contribution in [1.82, 2.24) is 5.32 Å². The van der Waals surface area contributed by atoms with Crippen LogP contribution in [0.3, 0.4) is 0 Å². The lowest BCUT2D eigenvalue weighted by molar-refractivity contribution is -0.115. The zero-order valence-electron chi connectivity index (χ0n) is 12.1. The fourth-order valence-electron chi connectivity index (χ4n) is 2.10. The molecule has 0 fully saturated rings. The lowest BCUT2D eigenvalue weighted by atomic mass is 10.1. The number of aliphatic imine (C=N–C) groups is 1. The van der Waals surface area contributed by atoms with Crippen LogP contribution in [0.15, 0.2) is 46.4 Å². The molecule has 2 aromatic rings. The SMILES string of the molecule is COc1ccc(/C=C2/N=C(c3cccs3)NC2=O)cc1OC. The number of nitrogens with zero attached hydrogens (tertiary/aromatic N) is 1. The number of benzene rings is 1. The van der Waals surface area contributed by atoms with E-state index in [1.165, 1.54) is 11.3 Å². The number of hydrogen-bond donors (Lipinski definition) is 1. The van der Waals surface area contributed by atoms with Crippen LogP contribution in [0.25, 0.3) is 6.08 Å². The molecule has 0 bridgehead atoms. The van der Waals surface area contributed by atoms with Crippen molar-refractivity contribution in [2.24, 2.45) is 4.99 Å². The van der Waals surface area contributed by atoms with E-state index in [4.69, 9.17) is 9.47 Å². The minimum absolute atomic E-state index is 0.210. The zero-order valence-corrected chi connectivity index (χ0v) is 12.9. The fourth-order valence-corrected chi connectivity index (χ4v) is 2.77. The topological polar surface area (TPSA) is 59.9 Å². The summed E-state index contributed by atoms with van der Waals surface area (Å²) in [5.74, 6) is 1.63. The molecule has 2 heterocycles. The first-order valence-electron chi connectivity index (χ1n) is 6.59. The lowest BCUT2D eigenvalue weighted by Crippen LogP contribution is -2.23. The summed E-state index contributed by atoms with van der Waals surface area (Å²) in [4.78, 5) is 17.3. The van der Waals surface area contributed by atoms with Gasteiger partial charge in [-0.05, 0) is 35.2 Å². The van der Waals surface area contributed by atoms with E-state index in [0.29, 0.717) is 23.0 Å². The van der Waals surface area contributed by atoms with Gasteiger partial charge in [0.15, 0.2) is 17.3 Å². The first kappa shape index (κ1) is 14.3. The van der Waals surface area contributed by atoms with Gasteiger partial charge in [-0.2, -0.15) is 0 Å². The highest BCUT2D eigenvalue weighted by Gasteiger charge is 2.21. The van der Waals surface area contributed by atoms with Crippen LogP contribution in [0.5, 0.6) is 11.5 Å². The van der Waals surface area contributed by atoms with Crippen LogP contribution in [0, 0.1) is 0 Å². The van der Waals surface area contributed by atoms with E-state index in [0.717, 1.165) is 10.4 Å². The van der Waals surface area contributed by atoms with Crippen molar-refractivity contribution in [2.75, 3.05) is 14.2 Å². The van der Waals surface area contributed by atoms with Crippen LogP contribution in [-0.4, -0.2) is 26.0 Å². The highest BCUT2D eigenvalue weighted by Crippen LogP contribution is 2.29. The Bertz CT molecular complexity index is 764. The maximum absolute atomic E-state index is 12.0. The number of methoxy groups -OCH3 is 2. The van der Waals surface area contributed by atoms with Crippen molar-refractivity contribution in [3.63, 3.8) is 0 Å². The first-order chi connectivity index (χ1) is 10.7. The van der Waals surface area contributed by atoms with Crippen molar-refractivity contribution in [2.45, 2.75) is 0 Å². The molecule has 0 atom stereocenters. The van der Waals surface area contributed by atoms with Crippen molar-refractivity contribution >= 4 is 29.2 Å². The molecule has 1 aromatic carbocycles. The van der Waals surface area contributed by atoms with Gasteiger partial charge in [-0.1, -0.05) is 12.1 Å². The van der Waals surface area contributed by atoms with Gasteiger partial charge in [-0.15, -0.1) is 11.3 Å². The van der Waals surface area contributed by atoms with Gasteiger partial charge in [-0.3, -0.25) is 4.79 Å². The molecular weight excluding hydrogens is 300 g/mol. The third-order valence-corrected chi connectivity index (χ3v) is 4.04. The second-order valence-electron chi connectivity index (χ2n) is 4.54. The van der Waals surface area contributed by atoms with E-state index in [9.17, 15) is 4.79 Å². The van der Waals surface area contributed by atoms with Gasteiger partial charge >= 0.3 is 0 Å². The molecule has 0 unspecified atom stereocenters. The van der Waals surface area contributed by atoms with Crippen LogP contribution < -0.4 is 14.8 Å². The molecule has 3 rings (SSSR count). The van der Waals surface area contributed by atoms with Crippen LogP contribution in [-0.2, 0) is 4.79 Å². The van der Waals surface area contributed by atoms with E-state index in [1.54, 1.807) is 32.4 Å². The zero-order chi connectivity index (χ0) is 15.5. The highest BCUT2D eigenvalue weighted by atomic mass is 32.1. The summed E-state index contributed by atoms with van der Waals surface area (Å²) in [6.45, 7) is 0. The van der Waals surface area contributed by atoms with Crippen molar-refractivity contribution < 1.29 is 14.3 Å². The molecule has 0 saturated heterocycles. The lowest BCUT2D eigenvalue weighted by Gasteiger charge is -2.07. The summed E-state index contributed by atoms with van der Waals surface area (Å²) < 4.78 is 10.5. The summed E-state index contributed by atoms with van der Waals surface area (Å²) in [5.41, 5.74) is 1.19. The second kappa shape index (κ2) is 6.03. The smallest absolute Gasteiger partial charge is 0.275 e. The molecule has 1 amide bonds. The van der Waals surface area contributed by atoms with Crippen molar-refractivity contribution in [3.05, 3.63) is 51.8 Å². The summed E-state index contributed by atoms with van der Waals surface area (Å²) >= 11 is 1.53. The number of rotatable bonds is 4. The number of ether oxygens (including phenoxy) is 2. The molecule has 0 saturated carbocycles. The van der Waals surface area contributed by atoms with Crippen LogP contribution in [0.2, 0.25) is 0 Å². The monoisotopic (exact) mass is 314 g/mol. The highest BCUT2D eigenvalue weighted by molar-refractivity contribution is 7.12. The fraction of sp³-hybridized carbons (Fsp3) is 0.125. The molecular formula is C16H14N2O3S. The average Bonchev–Trinajstić information content (AvgIpc) is 3.17. The molecule has 1 aliphatic heterocycles. The largest absolute Gasteiger partial charge is 0.493 e. The third-order valence-electron chi connectivity index (χ3n) is 3.16. The molecule has 5 nitrogen and oxygen atoms in total. The molecule has 0 aliphatic carbocycles. The van der Waals surface area contributed by atoms with Gasteiger partial charge in [0.05, 0.1) is 19.1 Å². The molecule has 0 spiro atoms. The molecule has 1 aliphatic rings. The summed E-state index contributed by atoms with van der Waals surface area (Å²) in [7, 11) is 3.15. The number of nitrogens with one attached hydrogen (secondary N) is 1. The Kier molecular flexibility index (Phi) is 3.93. The molecule has 1 N–H and O–H groups in total. The Morgan fingerprint density at radius 1 is 1.18 bits per heavy atom. The molecule has 0 radical (unpaired) electrons. The summed E-state index contributed by atoms with van der Waals surface area (Å²) in [6, 6.07) is 9.29. The van der Waals surface area contributed by atoms with Gasteiger partial charge in [-0.25, -0.2) is 4.99 Å². The van der Waals surface area contributed by atoms with E-state index in [1.807, 2.05) is 23.6 Å². The maximum Gasteiger partial charge on any atom is 0.275 e. The Morgan fingerprint density at radius 3 is 2.68 bits per heavy atom. The van der Waals surface area contributed by atoms with Gasteiger partial charge in [0, 0.05) is 0 Å². The second-order valence-corrected chi connectivity index (χ2v) is 5.48. The maximum atomic E-state index is 12.0. The standard InChI is InChI=1S/C16H14N2O3S/c1-20-12-6-5-10(9-13(12)21-2)8-11-16(19)18-15(17-11)14-4-3-7-22-14/h3-9H,1-2H3,(H,17,18,19)/b11-8+. The first-order valence-corrected chi connectivity index (χ1v) is 7.47. The Morgan fingerprint density at radius 2 is 2.00 bits per heavy atom. The van der Waals surface area contributed by atoms with Gasteiger partial charge in [0.2, 0.25) is 0 Å². The minimum atomic E-state index is -0.210. The van der Waals surface area contributed by atoms with E-state index in [-0.39, 0.29) is 5.91 Å². The Labute approximate surface area is 131 Å². The predicted octanol–water partition coefficient (Wildman–Crippen LogP) is 2.68. The van der Waals surface area contributed by atoms with Gasteiger partial charge in [0.25, 0.3) is 5.91 Å². The van der Waals surface area contributed by atoms with Gasteiger partial charge < -0.3 is 14.8 Å². The number of thiophene rings is 1. The molecule has 1 aromatic heterocycles. The van der Waals surface area contributed by atoms with Gasteiger partial charge in [0.1, 0.15) is 5.70 Å². The minimum Gasteiger partial charge on any atom is -0.493 e. The van der Waals surface area contributed by atoms with Crippen molar-refractivity contribution in [1.29, 1.82) is 0 Å². The number of amides is 1. The van der Waals surface area contributed by atoms with Crippen LogP contribution >= 0.6 is 11.3 Å². The van der Waals surface area contributed by atoms with E-state index in [2.05, 4.69) is 10.3 Å². The number of carbonyl (C=O) groups is 1. The Hall–Kier alpha value is -2.60. The number of hydrogen-bond acceptors (Lipinski definition) is 5. The quantitative estimate of drug-likeness (QED) is 0.883. The molecule has 22 heavy (non-hydrogen) atoms. The molecule has 112 valence electrons. The summed E-state index contributed by atoms with van der Waals surface area (Å²) in [5, 5.41) is 4.72. The number of carbonyl (C=O) groups excluding carboxylic acids is 1. The summed E-state index contributed by atoms with van der Waals surface area (Å²) in [6.07, 6.45) is 1.72. The van der Waals surface area contributed by atoms with Crippen LogP contribution in [0.4, 0.5) is 0 Å².